The maximum absolute atomic E-state index is 12.6. The molecule has 20 heavy (non-hydrogen) atoms. The molecule has 1 atom stereocenters. The number of hydrogen-bond donors (Lipinski definition) is 1. The van der Waals surface area contributed by atoms with E-state index in [-0.39, 0.29) is 5.78 Å². The molecule has 0 spiro atoms. The highest BCUT2D eigenvalue weighted by atomic mass is 16.3. The molecule has 2 saturated heterocycles. The maximum atomic E-state index is 12.6. The van der Waals surface area contributed by atoms with Crippen molar-refractivity contribution >= 4 is 5.78 Å². The molecule has 0 aromatic carbocycles. The summed E-state index contributed by atoms with van der Waals surface area (Å²) < 4.78 is 0. The molecule has 2 aliphatic heterocycles. The summed E-state index contributed by atoms with van der Waals surface area (Å²) in [4.78, 5) is 17.2. The first kappa shape index (κ1) is 13.9. The van der Waals surface area contributed by atoms with E-state index in [1.54, 1.807) is 6.92 Å². The normalized spacial score (nSPS) is 32.2. The van der Waals surface area contributed by atoms with Gasteiger partial charge in [0.2, 0.25) is 5.78 Å². The van der Waals surface area contributed by atoms with Crippen LogP contribution >= 0.6 is 0 Å². The second-order valence-corrected chi connectivity index (χ2v) is 6.67. The van der Waals surface area contributed by atoms with E-state index in [1.165, 1.54) is 25.7 Å². The van der Waals surface area contributed by atoms with Gasteiger partial charge in [0, 0.05) is 38.3 Å². The molecule has 112 valence electrons. The number of hydrogen-bond acceptors (Lipinski definition) is 4. The lowest BCUT2D eigenvalue weighted by Gasteiger charge is -2.34. The first-order valence-electron chi connectivity index (χ1n) is 8.10. The van der Waals surface area contributed by atoms with Crippen LogP contribution in [0.15, 0.2) is 11.4 Å². The van der Waals surface area contributed by atoms with E-state index in [0.29, 0.717) is 6.42 Å². The highest BCUT2D eigenvalue weighted by Gasteiger charge is 2.45. The van der Waals surface area contributed by atoms with Crippen LogP contribution in [0.2, 0.25) is 0 Å². The molecule has 0 aromatic rings. The van der Waals surface area contributed by atoms with Crippen molar-refractivity contribution in [2.75, 3.05) is 26.2 Å². The zero-order valence-electron chi connectivity index (χ0n) is 12.5. The third-order valence-corrected chi connectivity index (χ3v) is 4.90. The van der Waals surface area contributed by atoms with Crippen LogP contribution in [0.25, 0.3) is 0 Å². The summed E-state index contributed by atoms with van der Waals surface area (Å²) in [5.74, 6) is -0.0556. The molecule has 3 rings (SSSR count). The molecular formula is C16H26N2O2. The van der Waals surface area contributed by atoms with Gasteiger partial charge in [0.25, 0.3) is 0 Å². The van der Waals surface area contributed by atoms with Crippen LogP contribution in [-0.2, 0) is 4.79 Å². The maximum Gasteiger partial charge on any atom is 0.212 e. The fourth-order valence-electron chi connectivity index (χ4n) is 3.75. The number of aliphatic hydroxyl groups is 1. The largest absolute Gasteiger partial charge is 0.382 e. The molecule has 1 N–H and O–H groups in total. The number of ketones is 1. The van der Waals surface area contributed by atoms with E-state index in [1.807, 2.05) is 0 Å². The van der Waals surface area contributed by atoms with Crippen LogP contribution < -0.4 is 0 Å². The molecule has 0 aromatic heterocycles. The number of piperidine rings is 2. The minimum absolute atomic E-state index is 0.0556. The quantitative estimate of drug-likeness (QED) is 0.838. The summed E-state index contributed by atoms with van der Waals surface area (Å²) in [5, 5.41) is 10.4. The van der Waals surface area contributed by atoms with Crippen molar-refractivity contribution < 1.29 is 9.90 Å². The predicted molar refractivity (Wildman–Crippen MR) is 78.1 cm³/mol. The Hall–Kier alpha value is -1.03. The van der Waals surface area contributed by atoms with Gasteiger partial charge in [0.15, 0.2) is 0 Å². The van der Waals surface area contributed by atoms with Gasteiger partial charge in [-0.3, -0.25) is 4.79 Å². The number of rotatable bonds is 2. The molecule has 4 heteroatoms. The zero-order valence-corrected chi connectivity index (χ0v) is 12.5. The van der Waals surface area contributed by atoms with Crippen LogP contribution in [0.1, 0.15) is 51.9 Å². The SMILES string of the molecule is CC1(O)CC(N2CCCCC2)=C(N2CCCCC2)C1=O. The fraction of sp³-hybridized carbons (Fsp3) is 0.812. The Kier molecular flexibility index (Phi) is 3.76. The van der Waals surface area contributed by atoms with Crippen molar-refractivity contribution in [3.05, 3.63) is 11.4 Å². The molecule has 0 radical (unpaired) electrons. The van der Waals surface area contributed by atoms with Gasteiger partial charge in [-0.15, -0.1) is 0 Å². The minimum atomic E-state index is -1.19. The monoisotopic (exact) mass is 278 g/mol. The second kappa shape index (κ2) is 5.40. The average Bonchev–Trinajstić information content (AvgIpc) is 2.72. The van der Waals surface area contributed by atoms with Crippen molar-refractivity contribution in [1.82, 2.24) is 9.80 Å². The zero-order chi connectivity index (χ0) is 14.2. The van der Waals surface area contributed by atoms with E-state index >= 15 is 0 Å². The topological polar surface area (TPSA) is 43.8 Å². The van der Waals surface area contributed by atoms with Crippen LogP contribution in [0, 0.1) is 0 Å². The minimum Gasteiger partial charge on any atom is -0.382 e. The number of carbonyl (C=O) groups excluding carboxylic acids is 1. The van der Waals surface area contributed by atoms with Gasteiger partial charge in [-0.05, 0) is 45.4 Å². The van der Waals surface area contributed by atoms with Crippen molar-refractivity contribution in [3.8, 4) is 0 Å². The van der Waals surface area contributed by atoms with E-state index in [2.05, 4.69) is 9.80 Å². The molecule has 0 bridgehead atoms. The van der Waals surface area contributed by atoms with Crippen molar-refractivity contribution in [2.24, 2.45) is 0 Å². The van der Waals surface area contributed by atoms with E-state index in [0.717, 1.165) is 50.4 Å². The summed E-state index contributed by atoms with van der Waals surface area (Å²) >= 11 is 0. The summed E-state index contributed by atoms with van der Waals surface area (Å²) in [6.45, 7) is 5.69. The molecule has 2 fully saturated rings. The fourth-order valence-corrected chi connectivity index (χ4v) is 3.75. The van der Waals surface area contributed by atoms with E-state index in [4.69, 9.17) is 0 Å². The molecular weight excluding hydrogens is 252 g/mol. The lowest BCUT2D eigenvalue weighted by atomic mass is 10.0. The van der Waals surface area contributed by atoms with E-state index < -0.39 is 5.60 Å². The Morgan fingerprint density at radius 1 is 0.900 bits per heavy atom. The van der Waals surface area contributed by atoms with Gasteiger partial charge in [-0.25, -0.2) is 0 Å². The number of carbonyl (C=O) groups is 1. The number of likely N-dealkylation sites (tertiary alicyclic amines) is 2. The average molecular weight is 278 g/mol. The van der Waals surface area contributed by atoms with E-state index in [9.17, 15) is 9.90 Å². The van der Waals surface area contributed by atoms with Crippen molar-refractivity contribution in [1.29, 1.82) is 0 Å². The molecule has 4 nitrogen and oxygen atoms in total. The van der Waals surface area contributed by atoms with Gasteiger partial charge in [-0.1, -0.05) is 0 Å². The highest BCUT2D eigenvalue weighted by Crippen LogP contribution is 2.37. The Morgan fingerprint density at radius 3 is 1.95 bits per heavy atom. The van der Waals surface area contributed by atoms with Gasteiger partial charge < -0.3 is 14.9 Å². The molecule has 0 amide bonds. The first-order chi connectivity index (χ1) is 9.59. The highest BCUT2D eigenvalue weighted by molar-refractivity contribution is 6.04. The van der Waals surface area contributed by atoms with Crippen molar-refractivity contribution in [2.45, 2.75) is 57.5 Å². The summed E-state index contributed by atoms with van der Waals surface area (Å²) in [6, 6.07) is 0. The Balaban J connectivity index is 1.90. The summed E-state index contributed by atoms with van der Waals surface area (Å²) in [7, 11) is 0. The van der Waals surface area contributed by atoms with Crippen LogP contribution in [-0.4, -0.2) is 52.5 Å². The number of Topliss-reactive ketones (excluding diaryl/α,β-unsaturated/α-hetero) is 1. The number of nitrogens with zero attached hydrogens (tertiary/aromatic N) is 2. The van der Waals surface area contributed by atoms with Gasteiger partial charge >= 0.3 is 0 Å². The lowest BCUT2D eigenvalue weighted by molar-refractivity contribution is -0.131. The van der Waals surface area contributed by atoms with Gasteiger partial charge in [-0.2, -0.15) is 0 Å². The lowest BCUT2D eigenvalue weighted by Crippen LogP contribution is -2.38. The van der Waals surface area contributed by atoms with Gasteiger partial charge in [0.1, 0.15) is 11.3 Å². The molecule has 2 heterocycles. The Labute approximate surface area is 121 Å². The summed E-state index contributed by atoms with van der Waals surface area (Å²) in [6.07, 6.45) is 7.76. The van der Waals surface area contributed by atoms with Gasteiger partial charge in [0.05, 0.1) is 0 Å². The smallest absolute Gasteiger partial charge is 0.212 e. The van der Waals surface area contributed by atoms with Crippen LogP contribution in [0.5, 0.6) is 0 Å². The summed E-state index contributed by atoms with van der Waals surface area (Å²) in [5.41, 5.74) is 0.748. The van der Waals surface area contributed by atoms with Crippen molar-refractivity contribution in [3.63, 3.8) is 0 Å². The second-order valence-electron chi connectivity index (χ2n) is 6.67. The molecule has 0 saturated carbocycles. The third-order valence-electron chi connectivity index (χ3n) is 4.90. The Bertz CT molecular complexity index is 416. The Morgan fingerprint density at radius 2 is 1.40 bits per heavy atom. The first-order valence-corrected chi connectivity index (χ1v) is 8.10. The van der Waals surface area contributed by atoms with Crippen LogP contribution in [0.4, 0.5) is 0 Å². The predicted octanol–water partition coefficient (Wildman–Crippen LogP) is 1.89. The third kappa shape index (κ3) is 2.46. The van der Waals surface area contributed by atoms with Crippen LogP contribution in [0.3, 0.4) is 0 Å². The molecule has 1 aliphatic carbocycles. The molecule has 3 aliphatic rings. The molecule has 1 unspecified atom stereocenters. The standard InChI is InChI=1S/C16H26N2O2/c1-16(20)12-13(17-8-4-2-5-9-17)14(15(16)19)18-10-6-3-7-11-18/h20H,2-12H2,1H3.